The Labute approximate surface area is 105 Å². The van der Waals surface area contributed by atoms with E-state index in [0.29, 0.717) is 5.92 Å². The summed E-state index contributed by atoms with van der Waals surface area (Å²) < 4.78 is 0. The predicted molar refractivity (Wildman–Crippen MR) is 74.0 cm³/mol. The van der Waals surface area contributed by atoms with Crippen molar-refractivity contribution in [2.75, 3.05) is 0 Å². The van der Waals surface area contributed by atoms with Crippen molar-refractivity contribution in [3.8, 4) is 0 Å². The molecule has 0 radical (unpaired) electrons. The lowest BCUT2D eigenvalue weighted by Crippen LogP contribution is -2.13. The third kappa shape index (κ3) is 1.94. The van der Waals surface area contributed by atoms with E-state index in [-0.39, 0.29) is 0 Å². The molecule has 0 heteroatoms. The Hall–Kier alpha value is -1.04. The standard InChI is InChI=1S/C17H22/c1-12-7-9-14(10-8-12)17-11-13(2)15-5-3-4-6-16(15)17/h3-6,11-14H,7-10H2,1-2H3. The lowest BCUT2D eigenvalue weighted by molar-refractivity contribution is 0.337. The van der Waals surface area contributed by atoms with Crippen LogP contribution >= 0.6 is 0 Å². The minimum Gasteiger partial charge on any atom is -0.0732 e. The first-order chi connectivity index (χ1) is 8.25. The fourth-order valence-corrected chi connectivity index (χ4v) is 3.53. The zero-order chi connectivity index (χ0) is 11.8. The molecule has 0 nitrogen and oxygen atoms in total. The van der Waals surface area contributed by atoms with E-state index in [1.165, 1.54) is 25.7 Å². The summed E-state index contributed by atoms with van der Waals surface area (Å²) in [5.74, 6) is 2.40. The maximum absolute atomic E-state index is 2.52. The Bertz CT molecular complexity index is 433. The normalized spacial score (nSPS) is 32.1. The Morgan fingerprint density at radius 2 is 1.65 bits per heavy atom. The third-order valence-corrected chi connectivity index (χ3v) is 4.65. The van der Waals surface area contributed by atoms with Crippen molar-refractivity contribution in [1.82, 2.24) is 0 Å². The molecule has 0 bridgehead atoms. The van der Waals surface area contributed by atoms with E-state index in [0.717, 1.165) is 11.8 Å². The number of hydrogen-bond donors (Lipinski definition) is 0. The first-order valence-corrected chi connectivity index (χ1v) is 7.06. The molecule has 0 spiro atoms. The first-order valence-electron chi connectivity index (χ1n) is 7.06. The van der Waals surface area contributed by atoms with Crippen molar-refractivity contribution in [2.24, 2.45) is 11.8 Å². The van der Waals surface area contributed by atoms with Crippen LogP contribution in [0.1, 0.15) is 56.6 Å². The number of rotatable bonds is 1. The summed E-state index contributed by atoms with van der Waals surface area (Å²) in [5.41, 5.74) is 4.74. The molecule has 0 aliphatic heterocycles. The van der Waals surface area contributed by atoms with Crippen LogP contribution in [0.15, 0.2) is 30.3 Å². The van der Waals surface area contributed by atoms with Gasteiger partial charge in [-0.05, 0) is 41.4 Å². The van der Waals surface area contributed by atoms with E-state index in [2.05, 4.69) is 44.2 Å². The van der Waals surface area contributed by atoms with Crippen molar-refractivity contribution in [3.63, 3.8) is 0 Å². The van der Waals surface area contributed by atoms with Crippen LogP contribution in [0, 0.1) is 11.8 Å². The van der Waals surface area contributed by atoms with Crippen LogP contribution in [0.4, 0.5) is 0 Å². The van der Waals surface area contributed by atoms with E-state index >= 15 is 0 Å². The quantitative estimate of drug-likeness (QED) is 0.631. The van der Waals surface area contributed by atoms with Gasteiger partial charge >= 0.3 is 0 Å². The molecular formula is C17H22. The van der Waals surface area contributed by atoms with Crippen LogP contribution in [0.5, 0.6) is 0 Å². The molecule has 0 aromatic heterocycles. The lowest BCUT2D eigenvalue weighted by Gasteiger charge is -2.27. The highest BCUT2D eigenvalue weighted by molar-refractivity contribution is 5.76. The first kappa shape index (κ1) is 11.1. The van der Waals surface area contributed by atoms with Crippen LogP contribution in [-0.2, 0) is 0 Å². The average Bonchev–Trinajstić information content (AvgIpc) is 2.69. The van der Waals surface area contributed by atoms with Gasteiger partial charge in [-0.25, -0.2) is 0 Å². The third-order valence-electron chi connectivity index (χ3n) is 4.65. The van der Waals surface area contributed by atoms with Gasteiger partial charge in [0, 0.05) is 5.92 Å². The maximum atomic E-state index is 2.52. The zero-order valence-corrected chi connectivity index (χ0v) is 10.9. The predicted octanol–water partition coefficient (Wildman–Crippen LogP) is 5.01. The Morgan fingerprint density at radius 3 is 2.41 bits per heavy atom. The average molecular weight is 226 g/mol. The fraction of sp³-hybridized carbons (Fsp3) is 0.529. The highest BCUT2D eigenvalue weighted by Gasteiger charge is 2.27. The van der Waals surface area contributed by atoms with Crippen LogP contribution in [0.2, 0.25) is 0 Å². The van der Waals surface area contributed by atoms with Gasteiger partial charge in [-0.3, -0.25) is 0 Å². The van der Waals surface area contributed by atoms with Gasteiger partial charge in [-0.1, -0.05) is 57.0 Å². The fourth-order valence-electron chi connectivity index (χ4n) is 3.53. The van der Waals surface area contributed by atoms with Crippen molar-refractivity contribution in [3.05, 3.63) is 41.5 Å². The van der Waals surface area contributed by atoms with E-state index in [1.54, 1.807) is 16.7 Å². The Balaban J connectivity index is 1.88. The van der Waals surface area contributed by atoms with Gasteiger partial charge in [-0.2, -0.15) is 0 Å². The summed E-state index contributed by atoms with van der Waals surface area (Å²) in [6.07, 6.45) is 8.14. The van der Waals surface area contributed by atoms with Gasteiger partial charge < -0.3 is 0 Å². The van der Waals surface area contributed by atoms with Crippen molar-refractivity contribution < 1.29 is 0 Å². The van der Waals surface area contributed by atoms with E-state index in [1.807, 2.05) is 0 Å². The topological polar surface area (TPSA) is 0 Å². The molecule has 0 saturated heterocycles. The molecule has 1 saturated carbocycles. The molecule has 17 heavy (non-hydrogen) atoms. The van der Waals surface area contributed by atoms with Gasteiger partial charge in [0.05, 0.1) is 0 Å². The van der Waals surface area contributed by atoms with Gasteiger partial charge in [0.15, 0.2) is 0 Å². The molecule has 1 aromatic rings. The Kier molecular flexibility index (Phi) is 2.82. The molecule has 3 rings (SSSR count). The van der Waals surface area contributed by atoms with Crippen molar-refractivity contribution >= 4 is 5.57 Å². The number of benzene rings is 1. The highest BCUT2D eigenvalue weighted by atomic mass is 14.3. The molecule has 1 atom stereocenters. The summed E-state index contributed by atoms with van der Waals surface area (Å²) >= 11 is 0. The van der Waals surface area contributed by atoms with E-state index < -0.39 is 0 Å². The molecule has 0 N–H and O–H groups in total. The zero-order valence-electron chi connectivity index (χ0n) is 10.9. The molecule has 1 aromatic carbocycles. The van der Waals surface area contributed by atoms with Crippen LogP contribution in [-0.4, -0.2) is 0 Å². The minimum absolute atomic E-state index is 0.626. The van der Waals surface area contributed by atoms with Gasteiger partial charge in [-0.15, -0.1) is 0 Å². The summed E-state index contributed by atoms with van der Waals surface area (Å²) in [5, 5.41) is 0. The summed E-state index contributed by atoms with van der Waals surface area (Å²) in [7, 11) is 0. The lowest BCUT2D eigenvalue weighted by atomic mass is 9.78. The van der Waals surface area contributed by atoms with Gasteiger partial charge in [0.25, 0.3) is 0 Å². The molecule has 0 amide bonds. The second kappa shape index (κ2) is 4.33. The molecule has 2 aliphatic carbocycles. The Morgan fingerprint density at radius 1 is 0.941 bits per heavy atom. The van der Waals surface area contributed by atoms with Crippen LogP contribution in [0.3, 0.4) is 0 Å². The smallest absolute Gasteiger partial charge is 0.000173 e. The second-order valence-corrected chi connectivity index (χ2v) is 5.95. The van der Waals surface area contributed by atoms with E-state index in [9.17, 15) is 0 Å². The summed E-state index contributed by atoms with van der Waals surface area (Å²) in [6.45, 7) is 4.73. The number of fused-ring (bicyclic) bond motifs is 1. The molecular weight excluding hydrogens is 204 g/mol. The SMILES string of the molecule is CC1CCC(C2=CC(C)c3ccccc32)CC1. The summed E-state index contributed by atoms with van der Waals surface area (Å²) in [4.78, 5) is 0. The van der Waals surface area contributed by atoms with Crippen molar-refractivity contribution in [1.29, 1.82) is 0 Å². The number of allylic oxidation sites excluding steroid dienone is 2. The molecule has 1 fully saturated rings. The maximum Gasteiger partial charge on any atom is 0.000173 e. The molecule has 0 heterocycles. The molecule has 90 valence electrons. The summed E-state index contributed by atoms with van der Waals surface area (Å²) in [6, 6.07) is 8.99. The number of hydrogen-bond acceptors (Lipinski definition) is 0. The van der Waals surface area contributed by atoms with Gasteiger partial charge in [0.1, 0.15) is 0 Å². The molecule has 2 aliphatic rings. The molecule has 1 unspecified atom stereocenters. The van der Waals surface area contributed by atoms with Crippen LogP contribution < -0.4 is 0 Å². The second-order valence-electron chi connectivity index (χ2n) is 5.95. The van der Waals surface area contributed by atoms with Crippen molar-refractivity contribution in [2.45, 2.75) is 45.4 Å². The van der Waals surface area contributed by atoms with Crippen LogP contribution in [0.25, 0.3) is 5.57 Å². The van der Waals surface area contributed by atoms with Gasteiger partial charge in [0.2, 0.25) is 0 Å². The minimum atomic E-state index is 0.626. The largest absolute Gasteiger partial charge is 0.0732 e. The van der Waals surface area contributed by atoms with E-state index in [4.69, 9.17) is 0 Å². The highest BCUT2D eigenvalue weighted by Crippen LogP contribution is 2.44. The monoisotopic (exact) mass is 226 g/mol.